The number of alkyl carbamates (subject to hydrolysis) is 1. The third kappa shape index (κ3) is 4.51. The van der Waals surface area contributed by atoms with E-state index in [-0.39, 0.29) is 5.84 Å². The molecule has 9 heteroatoms. The molecule has 0 spiro atoms. The molecule has 2 aliphatic rings. The molecule has 3 aromatic carbocycles. The number of methoxy groups -OCH3 is 1. The molecule has 1 saturated carbocycles. The summed E-state index contributed by atoms with van der Waals surface area (Å²) in [7, 11) is 1.56. The molecule has 38 heavy (non-hydrogen) atoms. The molecule has 1 amide bonds. The number of amides is 1. The maximum Gasteiger partial charge on any atom is 0.413 e. The van der Waals surface area contributed by atoms with Crippen LogP contribution in [0.25, 0.3) is 11.1 Å². The highest BCUT2D eigenvalue weighted by Gasteiger charge is 2.51. The number of carboxylic acids is 1. The Labute approximate surface area is 220 Å². The van der Waals surface area contributed by atoms with Gasteiger partial charge in [-0.15, -0.1) is 10.2 Å². The van der Waals surface area contributed by atoms with Crippen LogP contribution in [0, 0.1) is 0 Å². The highest BCUT2D eigenvalue weighted by atomic mass is 16.6. The largest absolute Gasteiger partial charge is 0.496 e. The Morgan fingerprint density at radius 3 is 2.32 bits per heavy atom. The molecule has 3 aromatic rings. The van der Waals surface area contributed by atoms with E-state index in [9.17, 15) is 14.7 Å². The standard InChI is InChI=1S/C29H28N4O5/c1-18(19-7-5-4-6-8-19)38-27(36)30-25-28(2,32-33-31-25)23-14-11-21(17-24(23)37-3)20-9-12-22(13-10-20)29(15-16-29)26(34)35/h4-14,17-18H,15-16H2,1-3H3,(H,34,35)(H,30,31,32,36). The molecule has 1 fully saturated rings. The summed E-state index contributed by atoms with van der Waals surface area (Å²) in [6.07, 6.45) is 0.204. The number of rotatable bonds is 7. The van der Waals surface area contributed by atoms with Crippen LogP contribution in [0.5, 0.6) is 5.75 Å². The summed E-state index contributed by atoms with van der Waals surface area (Å²) in [4.78, 5) is 24.3. The van der Waals surface area contributed by atoms with E-state index < -0.39 is 29.1 Å². The number of nitrogens with one attached hydrogen (secondary N) is 1. The number of carbonyl (C=O) groups excluding carboxylic acids is 1. The van der Waals surface area contributed by atoms with Gasteiger partial charge in [0.1, 0.15) is 11.9 Å². The van der Waals surface area contributed by atoms with Crippen LogP contribution in [0.3, 0.4) is 0 Å². The first-order chi connectivity index (χ1) is 18.3. The zero-order valence-corrected chi connectivity index (χ0v) is 21.3. The molecular weight excluding hydrogens is 484 g/mol. The van der Waals surface area contributed by atoms with E-state index in [1.807, 2.05) is 72.8 Å². The summed E-state index contributed by atoms with van der Waals surface area (Å²) < 4.78 is 11.2. The number of hydrogen-bond donors (Lipinski definition) is 2. The monoisotopic (exact) mass is 512 g/mol. The predicted molar refractivity (Wildman–Crippen MR) is 141 cm³/mol. The Morgan fingerprint density at radius 2 is 1.68 bits per heavy atom. The van der Waals surface area contributed by atoms with Crippen molar-refractivity contribution in [3.8, 4) is 16.9 Å². The number of amidine groups is 1. The van der Waals surface area contributed by atoms with E-state index in [0.29, 0.717) is 24.2 Å². The van der Waals surface area contributed by atoms with Gasteiger partial charge in [0.25, 0.3) is 0 Å². The molecule has 2 unspecified atom stereocenters. The SMILES string of the molecule is COc1cc(-c2ccc(C3(C(=O)O)CC3)cc2)ccc1C1(C)N=NN=C1NC(=O)OC(C)c1ccccc1. The van der Waals surface area contributed by atoms with Crippen molar-refractivity contribution in [3.05, 3.63) is 89.5 Å². The van der Waals surface area contributed by atoms with Crippen LogP contribution in [0.15, 0.2) is 88.2 Å². The zero-order valence-electron chi connectivity index (χ0n) is 21.3. The van der Waals surface area contributed by atoms with Crippen molar-refractivity contribution in [3.63, 3.8) is 0 Å². The maximum absolute atomic E-state index is 12.7. The van der Waals surface area contributed by atoms with Crippen LogP contribution >= 0.6 is 0 Å². The fourth-order valence-electron chi connectivity index (χ4n) is 4.71. The Balaban J connectivity index is 1.34. The number of aliphatic carboxylic acids is 1. The topological polar surface area (TPSA) is 122 Å². The molecule has 0 radical (unpaired) electrons. The third-order valence-corrected chi connectivity index (χ3v) is 7.28. The summed E-state index contributed by atoms with van der Waals surface area (Å²) in [6, 6.07) is 22.7. The second-order valence-electron chi connectivity index (χ2n) is 9.67. The molecule has 1 heterocycles. The number of carbonyl (C=O) groups is 2. The Hall–Kier alpha value is -4.53. The average molecular weight is 513 g/mol. The van der Waals surface area contributed by atoms with Crippen molar-refractivity contribution in [2.24, 2.45) is 15.4 Å². The Kier molecular flexibility index (Phi) is 6.44. The molecule has 0 saturated heterocycles. The number of benzene rings is 3. The van der Waals surface area contributed by atoms with E-state index in [1.54, 1.807) is 21.0 Å². The van der Waals surface area contributed by atoms with Crippen molar-refractivity contribution in [2.45, 2.75) is 43.7 Å². The van der Waals surface area contributed by atoms with Crippen LogP contribution in [-0.4, -0.2) is 30.1 Å². The Morgan fingerprint density at radius 1 is 1.00 bits per heavy atom. The molecule has 1 aliphatic carbocycles. The summed E-state index contributed by atoms with van der Waals surface area (Å²) in [5.41, 5.74) is 2.32. The highest BCUT2D eigenvalue weighted by molar-refractivity contribution is 6.02. The van der Waals surface area contributed by atoms with Crippen molar-refractivity contribution < 1.29 is 24.2 Å². The minimum atomic E-state index is -1.09. The molecule has 0 bridgehead atoms. The van der Waals surface area contributed by atoms with Crippen molar-refractivity contribution in [1.29, 1.82) is 0 Å². The van der Waals surface area contributed by atoms with E-state index in [0.717, 1.165) is 22.3 Å². The highest BCUT2D eigenvalue weighted by Crippen LogP contribution is 2.48. The first-order valence-electron chi connectivity index (χ1n) is 12.3. The zero-order chi connectivity index (χ0) is 26.9. The lowest BCUT2D eigenvalue weighted by Gasteiger charge is -2.25. The normalized spacial score (nSPS) is 19.8. The van der Waals surface area contributed by atoms with Gasteiger partial charge in [-0.1, -0.05) is 66.7 Å². The average Bonchev–Trinajstić information content (AvgIpc) is 3.67. The number of nitrogens with zero attached hydrogens (tertiary/aromatic N) is 3. The minimum absolute atomic E-state index is 0.224. The molecule has 2 N–H and O–H groups in total. The van der Waals surface area contributed by atoms with Gasteiger partial charge in [-0.05, 0) is 60.2 Å². The van der Waals surface area contributed by atoms with Gasteiger partial charge in [0, 0.05) is 5.56 Å². The van der Waals surface area contributed by atoms with Gasteiger partial charge in [-0.25, -0.2) is 4.79 Å². The van der Waals surface area contributed by atoms with E-state index >= 15 is 0 Å². The van der Waals surface area contributed by atoms with Gasteiger partial charge in [0.2, 0.25) is 0 Å². The molecule has 1 aliphatic heterocycles. The van der Waals surface area contributed by atoms with Gasteiger partial charge in [0.05, 0.1) is 12.5 Å². The smallest absolute Gasteiger partial charge is 0.413 e. The number of ether oxygens (including phenoxy) is 2. The van der Waals surface area contributed by atoms with E-state index in [4.69, 9.17) is 9.47 Å². The molecule has 2 atom stereocenters. The summed E-state index contributed by atoms with van der Waals surface area (Å²) in [5, 5.41) is 24.4. The minimum Gasteiger partial charge on any atom is -0.496 e. The maximum atomic E-state index is 12.7. The third-order valence-electron chi connectivity index (χ3n) is 7.28. The van der Waals surface area contributed by atoms with Gasteiger partial charge in [0.15, 0.2) is 11.4 Å². The first-order valence-corrected chi connectivity index (χ1v) is 12.3. The van der Waals surface area contributed by atoms with Gasteiger partial charge >= 0.3 is 12.1 Å². The molecular formula is C29H28N4O5. The lowest BCUT2D eigenvalue weighted by Crippen LogP contribution is -2.43. The predicted octanol–water partition coefficient (Wildman–Crippen LogP) is 5.96. The van der Waals surface area contributed by atoms with Crippen LogP contribution in [0.1, 0.15) is 49.5 Å². The molecule has 0 aromatic heterocycles. The summed E-state index contributed by atoms with van der Waals surface area (Å²) in [6.45, 7) is 3.58. The second-order valence-corrected chi connectivity index (χ2v) is 9.67. The second kappa shape index (κ2) is 9.74. The lowest BCUT2D eigenvalue weighted by atomic mass is 9.88. The van der Waals surface area contributed by atoms with Crippen LogP contribution in [0.4, 0.5) is 4.79 Å². The summed E-state index contributed by atoms with van der Waals surface area (Å²) >= 11 is 0. The van der Waals surface area contributed by atoms with E-state index in [1.165, 1.54) is 0 Å². The number of hydrogen-bond acceptors (Lipinski definition) is 7. The fourth-order valence-corrected chi connectivity index (χ4v) is 4.71. The van der Waals surface area contributed by atoms with Gasteiger partial charge in [-0.3, -0.25) is 10.1 Å². The van der Waals surface area contributed by atoms with Gasteiger partial charge in [-0.2, -0.15) is 0 Å². The van der Waals surface area contributed by atoms with Crippen LogP contribution in [0.2, 0.25) is 0 Å². The van der Waals surface area contributed by atoms with Crippen molar-refractivity contribution in [2.75, 3.05) is 7.11 Å². The van der Waals surface area contributed by atoms with Crippen molar-refractivity contribution >= 4 is 17.9 Å². The molecule has 194 valence electrons. The quantitative estimate of drug-likeness (QED) is 0.404. The lowest BCUT2D eigenvalue weighted by molar-refractivity contribution is -0.140. The number of carboxylic acid groups (broad SMARTS) is 1. The van der Waals surface area contributed by atoms with Gasteiger partial charge < -0.3 is 14.6 Å². The molecule has 9 nitrogen and oxygen atoms in total. The van der Waals surface area contributed by atoms with E-state index in [2.05, 4.69) is 20.8 Å². The van der Waals surface area contributed by atoms with Crippen LogP contribution < -0.4 is 10.1 Å². The Bertz CT molecular complexity index is 1430. The van der Waals surface area contributed by atoms with Crippen molar-refractivity contribution in [1.82, 2.24) is 5.32 Å². The van der Waals surface area contributed by atoms with Crippen LogP contribution in [-0.2, 0) is 20.5 Å². The molecule has 5 rings (SSSR count). The summed E-state index contributed by atoms with van der Waals surface area (Å²) in [5.74, 6) is -0.0130. The fraction of sp³-hybridized carbons (Fsp3) is 0.276. The first kappa shape index (κ1) is 25.1.